The van der Waals surface area contributed by atoms with Gasteiger partial charge < -0.3 is 20.1 Å². The smallest absolute Gasteiger partial charge is 0.191 e. The van der Waals surface area contributed by atoms with Crippen LogP contribution in [-0.2, 0) is 9.47 Å². The zero-order chi connectivity index (χ0) is 13.4. The summed E-state index contributed by atoms with van der Waals surface area (Å²) in [6.45, 7) is 8.03. The van der Waals surface area contributed by atoms with Crippen molar-refractivity contribution < 1.29 is 9.47 Å². The predicted octanol–water partition coefficient (Wildman–Crippen LogP) is 1.33. The fraction of sp³-hybridized carbons (Fsp3) is 0.917. The van der Waals surface area contributed by atoms with Crippen LogP contribution in [0.25, 0.3) is 0 Å². The minimum atomic E-state index is 0. The monoisotopic (exact) mass is 403 g/mol. The lowest BCUT2D eigenvalue weighted by Crippen LogP contribution is -2.47. The van der Waals surface area contributed by atoms with E-state index < -0.39 is 0 Å². The van der Waals surface area contributed by atoms with Gasteiger partial charge in [-0.2, -0.15) is 11.8 Å². The Kier molecular flexibility index (Phi) is 10.2. The number of aliphatic imine (C=N–C) groups is 1. The van der Waals surface area contributed by atoms with Crippen LogP contribution in [0, 0.1) is 0 Å². The van der Waals surface area contributed by atoms with E-state index in [2.05, 4.69) is 35.7 Å². The molecule has 5 nitrogen and oxygen atoms in total. The van der Waals surface area contributed by atoms with Gasteiger partial charge in [-0.25, -0.2) is 0 Å². The van der Waals surface area contributed by atoms with Gasteiger partial charge in [0.05, 0.1) is 25.9 Å². The average Bonchev–Trinajstić information content (AvgIpc) is 2.40. The fourth-order valence-electron chi connectivity index (χ4n) is 1.45. The van der Waals surface area contributed by atoms with Crippen molar-refractivity contribution in [1.82, 2.24) is 10.6 Å². The van der Waals surface area contributed by atoms with Gasteiger partial charge >= 0.3 is 0 Å². The van der Waals surface area contributed by atoms with Gasteiger partial charge in [0.2, 0.25) is 0 Å². The second-order valence-corrected chi connectivity index (χ2v) is 6.35. The van der Waals surface area contributed by atoms with Crippen LogP contribution in [0.3, 0.4) is 0 Å². The van der Waals surface area contributed by atoms with Crippen LogP contribution in [0.2, 0.25) is 0 Å². The quantitative estimate of drug-likeness (QED) is 0.412. The lowest BCUT2D eigenvalue weighted by atomic mass is 10.2. The number of ether oxygens (including phenoxy) is 2. The standard InChI is InChI=1S/C12H25N3O2S.HI/c1-12(2,18-4)9-15-11(13-3)14-7-10-8-16-5-6-17-10;/h10H,5-9H2,1-4H3,(H2,13,14,15);1H. The molecule has 1 atom stereocenters. The van der Waals surface area contributed by atoms with Gasteiger partial charge in [0.25, 0.3) is 0 Å². The van der Waals surface area contributed by atoms with Gasteiger partial charge in [0.1, 0.15) is 0 Å². The Bertz CT molecular complexity index is 272. The van der Waals surface area contributed by atoms with E-state index in [0.29, 0.717) is 19.8 Å². The Morgan fingerprint density at radius 2 is 2.11 bits per heavy atom. The van der Waals surface area contributed by atoms with E-state index in [9.17, 15) is 0 Å². The lowest BCUT2D eigenvalue weighted by Gasteiger charge is -2.26. The molecule has 0 aromatic heterocycles. The van der Waals surface area contributed by atoms with Crippen LogP contribution < -0.4 is 10.6 Å². The summed E-state index contributed by atoms with van der Waals surface area (Å²) < 4.78 is 11.1. The summed E-state index contributed by atoms with van der Waals surface area (Å²) in [6.07, 6.45) is 2.23. The van der Waals surface area contributed by atoms with Crippen LogP contribution in [0.1, 0.15) is 13.8 Å². The topological polar surface area (TPSA) is 54.9 Å². The fourth-order valence-corrected chi connectivity index (χ4v) is 1.67. The first-order valence-corrected chi connectivity index (χ1v) is 7.49. The molecule has 1 fully saturated rings. The number of rotatable bonds is 5. The van der Waals surface area contributed by atoms with E-state index in [-0.39, 0.29) is 34.8 Å². The predicted molar refractivity (Wildman–Crippen MR) is 92.9 cm³/mol. The minimum absolute atomic E-state index is 0. The summed E-state index contributed by atoms with van der Waals surface area (Å²) in [5.41, 5.74) is 0. The molecule has 1 aliphatic heterocycles. The number of nitrogens with zero attached hydrogens (tertiary/aromatic N) is 1. The zero-order valence-electron chi connectivity index (χ0n) is 12.2. The summed E-state index contributed by atoms with van der Waals surface area (Å²) in [5, 5.41) is 6.58. The van der Waals surface area contributed by atoms with Crippen LogP contribution >= 0.6 is 35.7 Å². The van der Waals surface area contributed by atoms with Gasteiger partial charge in [-0.3, -0.25) is 4.99 Å². The molecular weight excluding hydrogens is 377 g/mol. The van der Waals surface area contributed by atoms with Gasteiger partial charge in [-0.1, -0.05) is 0 Å². The van der Waals surface area contributed by atoms with E-state index in [1.807, 2.05) is 11.8 Å². The number of hydrogen-bond donors (Lipinski definition) is 2. The van der Waals surface area contributed by atoms with E-state index in [4.69, 9.17) is 9.47 Å². The first-order chi connectivity index (χ1) is 8.57. The molecule has 0 amide bonds. The van der Waals surface area contributed by atoms with Crippen molar-refractivity contribution in [2.24, 2.45) is 4.99 Å². The van der Waals surface area contributed by atoms with Crippen molar-refractivity contribution in [2.75, 3.05) is 46.2 Å². The van der Waals surface area contributed by atoms with Crippen molar-refractivity contribution in [1.29, 1.82) is 0 Å². The first kappa shape index (κ1) is 19.3. The third-order valence-corrected chi connectivity index (χ3v) is 4.09. The number of guanidine groups is 1. The Morgan fingerprint density at radius 1 is 1.37 bits per heavy atom. The second kappa shape index (κ2) is 10.1. The van der Waals surface area contributed by atoms with Gasteiger partial charge in [0, 0.05) is 24.9 Å². The molecule has 7 heteroatoms. The molecule has 114 valence electrons. The number of thioether (sulfide) groups is 1. The van der Waals surface area contributed by atoms with Gasteiger partial charge in [-0.15, -0.1) is 24.0 Å². The molecule has 19 heavy (non-hydrogen) atoms. The normalized spacial score (nSPS) is 20.6. The summed E-state index contributed by atoms with van der Waals surface area (Å²) in [5.74, 6) is 0.811. The zero-order valence-corrected chi connectivity index (χ0v) is 15.3. The highest BCUT2D eigenvalue weighted by Gasteiger charge is 2.17. The van der Waals surface area contributed by atoms with E-state index in [1.165, 1.54) is 0 Å². The highest BCUT2D eigenvalue weighted by molar-refractivity contribution is 14.0. The van der Waals surface area contributed by atoms with Crippen molar-refractivity contribution in [2.45, 2.75) is 24.7 Å². The maximum Gasteiger partial charge on any atom is 0.191 e. The van der Waals surface area contributed by atoms with Crippen molar-refractivity contribution >= 4 is 41.7 Å². The largest absolute Gasteiger partial charge is 0.376 e. The molecule has 1 aliphatic rings. The second-order valence-electron chi connectivity index (χ2n) is 4.84. The maximum atomic E-state index is 5.57. The number of halogens is 1. The molecule has 1 rings (SSSR count). The summed E-state index contributed by atoms with van der Waals surface area (Å²) in [4.78, 5) is 4.20. The van der Waals surface area contributed by atoms with Crippen molar-refractivity contribution in [3.05, 3.63) is 0 Å². The molecule has 0 saturated carbocycles. The third kappa shape index (κ3) is 8.21. The lowest BCUT2D eigenvalue weighted by molar-refractivity contribution is -0.0850. The summed E-state index contributed by atoms with van der Waals surface area (Å²) >= 11 is 1.84. The molecule has 1 saturated heterocycles. The third-order valence-electron chi connectivity index (χ3n) is 2.84. The molecule has 0 aliphatic carbocycles. The molecule has 1 unspecified atom stereocenters. The van der Waals surface area contributed by atoms with Gasteiger partial charge in [-0.05, 0) is 20.1 Å². The van der Waals surface area contributed by atoms with Crippen LogP contribution in [-0.4, -0.2) is 63.0 Å². The highest BCUT2D eigenvalue weighted by atomic mass is 127. The van der Waals surface area contributed by atoms with E-state index in [0.717, 1.165) is 19.0 Å². The SMILES string of the molecule is CN=C(NCC1COCCO1)NCC(C)(C)SC.I. The number of nitrogens with one attached hydrogen (secondary N) is 2. The molecule has 0 aromatic rings. The molecule has 2 N–H and O–H groups in total. The maximum absolute atomic E-state index is 5.57. The Hall–Kier alpha value is 0.270. The Morgan fingerprint density at radius 3 is 2.63 bits per heavy atom. The van der Waals surface area contributed by atoms with E-state index in [1.54, 1.807) is 7.05 Å². The molecule has 0 radical (unpaired) electrons. The molecule has 1 heterocycles. The Labute approximate surface area is 137 Å². The average molecular weight is 403 g/mol. The summed E-state index contributed by atoms with van der Waals surface area (Å²) in [6, 6.07) is 0. The van der Waals surface area contributed by atoms with Crippen LogP contribution in [0.5, 0.6) is 0 Å². The molecule has 0 aromatic carbocycles. The summed E-state index contributed by atoms with van der Waals surface area (Å²) in [7, 11) is 1.78. The highest BCUT2D eigenvalue weighted by Crippen LogP contribution is 2.19. The molecule has 0 bridgehead atoms. The first-order valence-electron chi connectivity index (χ1n) is 6.26. The molecule has 0 spiro atoms. The minimum Gasteiger partial charge on any atom is -0.376 e. The van der Waals surface area contributed by atoms with E-state index >= 15 is 0 Å². The van der Waals surface area contributed by atoms with Gasteiger partial charge in [0.15, 0.2) is 5.96 Å². The number of hydrogen-bond acceptors (Lipinski definition) is 4. The van der Waals surface area contributed by atoms with Crippen LogP contribution in [0.4, 0.5) is 0 Å². The van der Waals surface area contributed by atoms with Crippen molar-refractivity contribution in [3.8, 4) is 0 Å². The molecular formula is C12H26IN3O2S. The Balaban J connectivity index is 0.00000324. The van der Waals surface area contributed by atoms with Crippen molar-refractivity contribution in [3.63, 3.8) is 0 Å². The van der Waals surface area contributed by atoms with Crippen LogP contribution in [0.15, 0.2) is 4.99 Å².